The van der Waals surface area contributed by atoms with Gasteiger partial charge in [-0.15, -0.1) is 0 Å². The van der Waals surface area contributed by atoms with E-state index in [0.29, 0.717) is 11.6 Å². The van der Waals surface area contributed by atoms with Gasteiger partial charge in [0.25, 0.3) is 0 Å². The van der Waals surface area contributed by atoms with Gasteiger partial charge in [-0.25, -0.2) is 9.97 Å². The molecule has 0 saturated heterocycles. The first-order valence-electron chi connectivity index (χ1n) is 16.1. The molecule has 2 aromatic heterocycles. The van der Waals surface area contributed by atoms with Gasteiger partial charge in [-0.1, -0.05) is 97.1 Å². The third-order valence-electron chi connectivity index (χ3n) is 8.96. The number of rotatable bonds is 6. The molecule has 226 valence electrons. The molecule has 0 aliphatic heterocycles. The second kappa shape index (κ2) is 11.7. The summed E-state index contributed by atoms with van der Waals surface area (Å²) in [4.78, 5) is 11.2. The first-order valence-corrected chi connectivity index (χ1v) is 16.1. The van der Waals surface area contributed by atoms with Crippen molar-refractivity contribution in [3.63, 3.8) is 0 Å². The second-order valence-electron chi connectivity index (χ2n) is 11.9. The van der Waals surface area contributed by atoms with Gasteiger partial charge < -0.3 is 9.32 Å². The number of hydrogen-bond acceptors (Lipinski definition) is 4. The minimum absolute atomic E-state index is 0.538. The van der Waals surface area contributed by atoms with Crippen molar-refractivity contribution in [1.82, 2.24) is 9.97 Å². The maximum Gasteiger partial charge on any atom is 0.247 e. The number of benzene rings is 7. The SMILES string of the molecule is c1ccc2cc(-c3ccc(N(c4ccc(-c5ccc6ccccc6c5)cc4)c4ccc(-c5nc6cccnc6o5)cc4)cc3)ccc2c1. The van der Waals surface area contributed by atoms with Crippen molar-refractivity contribution >= 4 is 49.8 Å². The van der Waals surface area contributed by atoms with Crippen LogP contribution in [0.25, 0.3) is 66.5 Å². The van der Waals surface area contributed by atoms with Crippen LogP contribution in [0.2, 0.25) is 0 Å². The summed E-state index contributed by atoms with van der Waals surface area (Å²) in [6.45, 7) is 0. The lowest BCUT2D eigenvalue weighted by molar-refractivity contribution is 0.608. The van der Waals surface area contributed by atoms with E-state index in [2.05, 4.69) is 173 Å². The Kier molecular flexibility index (Phi) is 6.76. The van der Waals surface area contributed by atoms with Crippen LogP contribution in [0, 0.1) is 0 Å². The van der Waals surface area contributed by atoms with Crippen LogP contribution in [0.3, 0.4) is 0 Å². The number of oxazole rings is 1. The quantitative estimate of drug-likeness (QED) is 0.187. The Labute approximate surface area is 278 Å². The van der Waals surface area contributed by atoms with Crippen LogP contribution in [0.4, 0.5) is 17.1 Å². The van der Waals surface area contributed by atoms with Crippen LogP contribution < -0.4 is 4.90 Å². The monoisotopic (exact) mass is 615 g/mol. The lowest BCUT2D eigenvalue weighted by Crippen LogP contribution is -2.09. The zero-order valence-electron chi connectivity index (χ0n) is 26.0. The molecule has 4 nitrogen and oxygen atoms in total. The average Bonchev–Trinajstić information content (AvgIpc) is 3.60. The van der Waals surface area contributed by atoms with Crippen molar-refractivity contribution in [2.45, 2.75) is 0 Å². The Balaban J connectivity index is 1.09. The van der Waals surface area contributed by atoms with Crippen LogP contribution >= 0.6 is 0 Å². The van der Waals surface area contributed by atoms with Crippen LogP contribution in [-0.2, 0) is 0 Å². The summed E-state index contributed by atoms with van der Waals surface area (Å²) in [6, 6.07) is 60.0. The molecule has 0 spiro atoms. The maximum absolute atomic E-state index is 5.95. The number of aromatic nitrogens is 2. The van der Waals surface area contributed by atoms with Gasteiger partial charge >= 0.3 is 0 Å². The van der Waals surface area contributed by atoms with Gasteiger partial charge in [-0.3, -0.25) is 0 Å². The molecule has 2 heterocycles. The van der Waals surface area contributed by atoms with Crippen LogP contribution in [0.15, 0.2) is 180 Å². The van der Waals surface area contributed by atoms with Gasteiger partial charge in [0.05, 0.1) is 0 Å². The molecule has 0 saturated carbocycles. The highest BCUT2D eigenvalue weighted by Gasteiger charge is 2.15. The van der Waals surface area contributed by atoms with Gasteiger partial charge in [0.15, 0.2) is 0 Å². The minimum atomic E-state index is 0.538. The fourth-order valence-electron chi connectivity index (χ4n) is 6.44. The number of pyridine rings is 1. The van der Waals surface area contributed by atoms with Crippen molar-refractivity contribution in [2.24, 2.45) is 0 Å². The molecule has 7 aromatic carbocycles. The van der Waals surface area contributed by atoms with E-state index in [1.807, 2.05) is 12.1 Å². The zero-order chi connectivity index (χ0) is 31.9. The van der Waals surface area contributed by atoms with Gasteiger partial charge in [0, 0.05) is 28.8 Å². The standard InChI is InChI=1S/C44H29N3O/c1-3-8-35-28-37(13-11-30(35)6-1)32-15-21-39(22-16-32)47(41-25-19-34(20-26-41)43-46-42-10-5-27-45-44(42)48-43)40-23-17-33(18-24-40)38-14-12-31-7-2-4-9-36(31)29-38/h1-29H. The van der Waals surface area contributed by atoms with E-state index in [-0.39, 0.29) is 0 Å². The summed E-state index contributed by atoms with van der Waals surface area (Å²) < 4.78 is 5.95. The lowest BCUT2D eigenvalue weighted by Gasteiger charge is -2.26. The number of nitrogens with zero attached hydrogens (tertiary/aromatic N) is 3. The smallest absolute Gasteiger partial charge is 0.247 e. The van der Waals surface area contributed by atoms with E-state index in [9.17, 15) is 0 Å². The topological polar surface area (TPSA) is 42.2 Å². The molecule has 9 aromatic rings. The van der Waals surface area contributed by atoms with Crippen LogP contribution in [0.1, 0.15) is 0 Å². The maximum atomic E-state index is 5.95. The third kappa shape index (κ3) is 5.16. The Morgan fingerprint density at radius 1 is 0.396 bits per heavy atom. The molecule has 0 unspecified atom stereocenters. The fourth-order valence-corrected chi connectivity index (χ4v) is 6.44. The third-order valence-corrected chi connectivity index (χ3v) is 8.96. The highest BCUT2D eigenvalue weighted by Crippen LogP contribution is 2.38. The Morgan fingerprint density at radius 3 is 1.35 bits per heavy atom. The van der Waals surface area contributed by atoms with Crippen molar-refractivity contribution < 1.29 is 4.42 Å². The van der Waals surface area contributed by atoms with Gasteiger partial charge in [0.1, 0.15) is 5.52 Å². The summed E-state index contributed by atoms with van der Waals surface area (Å²) in [7, 11) is 0. The van der Waals surface area contributed by atoms with Crippen LogP contribution in [0.5, 0.6) is 0 Å². The largest absolute Gasteiger partial charge is 0.418 e. The summed E-state index contributed by atoms with van der Waals surface area (Å²) in [5, 5.41) is 4.96. The molecular formula is C44H29N3O. The molecule has 0 amide bonds. The van der Waals surface area contributed by atoms with E-state index in [4.69, 9.17) is 4.42 Å². The first kappa shape index (κ1) is 27.8. The Morgan fingerprint density at radius 2 is 0.854 bits per heavy atom. The summed E-state index contributed by atoms with van der Waals surface area (Å²) >= 11 is 0. The van der Waals surface area contributed by atoms with E-state index in [0.717, 1.165) is 28.1 Å². The molecule has 4 heteroatoms. The Bertz CT molecular complexity index is 2390. The molecule has 9 rings (SSSR count). The normalized spacial score (nSPS) is 11.3. The minimum Gasteiger partial charge on any atom is -0.418 e. The number of fused-ring (bicyclic) bond motifs is 3. The number of anilines is 3. The molecule has 0 aliphatic rings. The van der Waals surface area contributed by atoms with Crippen LogP contribution in [-0.4, -0.2) is 9.97 Å². The second-order valence-corrected chi connectivity index (χ2v) is 11.9. The highest BCUT2D eigenvalue weighted by atomic mass is 16.4. The fraction of sp³-hybridized carbons (Fsp3) is 0. The Hall–Kier alpha value is -6.52. The zero-order valence-corrected chi connectivity index (χ0v) is 26.0. The molecule has 0 bridgehead atoms. The van der Waals surface area contributed by atoms with Crippen molar-refractivity contribution in [1.29, 1.82) is 0 Å². The average molecular weight is 616 g/mol. The lowest BCUT2D eigenvalue weighted by atomic mass is 10.00. The highest BCUT2D eigenvalue weighted by molar-refractivity contribution is 5.89. The predicted molar refractivity (Wildman–Crippen MR) is 198 cm³/mol. The van der Waals surface area contributed by atoms with E-state index in [1.54, 1.807) is 6.20 Å². The molecule has 0 radical (unpaired) electrons. The molecule has 0 atom stereocenters. The van der Waals surface area contributed by atoms with Gasteiger partial charge in [0.2, 0.25) is 11.6 Å². The van der Waals surface area contributed by atoms with E-state index in [1.165, 1.54) is 43.8 Å². The van der Waals surface area contributed by atoms with Gasteiger partial charge in [-0.05, 0) is 117 Å². The first-order chi connectivity index (χ1) is 23.7. The van der Waals surface area contributed by atoms with Crippen molar-refractivity contribution in [2.75, 3.05) is 4.90 Å². The molecule has 0 aliphatic carbocycles. The summed E-state index contributed by atoms with van der Waals surface area (Å²) in [5.41, 5.74) is 10.1. The van der Waals surface area contributed by atoms with Crippen molar-refractivity contribution in [3.8, 4) is 33.7 Å². The molecule has 0 N–H and O–H groups in total. The van der Waals surface area contributed by atoms with E-state index < -0.39 is 0 Å². The van der Waals surface area contributed by atoms with Gasteiger partial charge in [-0.2, -0.15) is 0 Å². The number of hydrogen-bond donors (Lipinski definition) is 0. The predicted octanol–water partition coefficient (Wildman–Crippen LogP) is 12.0. The van der Waals surface area contributed by atoms with E-state index >= 15 is 0 Å². The molecule has 0 fully saturated rings. The van der Waals surface area contributed by atoms with Crippen molar-refractivity contribution in [3.05, 3.63) is 176 Å². The molecular weight excluding hydrogens is 587 g/mol. The summed E-state index contributed by atoms with van der Waals surface area (Å²) in [6.07, 6.45) is 1.72. The summed E-state index contributed by atoms with van der Waals surface area (Å²) in [5.74, 6) is 0.557. The molecule has 48 heavy (non-hydrogen) atoms.